The molecule has 3 nitrogen and oxygen atoms in total. The summed E-state index contributed by atoms with van der Waals surface area (Å²) in [7, 11) is 1.99. The lowest BCUT2D eigenvalue weighted by Crippen LogP contribution is -2.37. The van der Waals surface area contributed by atoms with E-state index in [-0.39, 0.29) is 6.04 Å². The molecule has 1 aromatic rings. The molecule has 1 aromatic carbocycles. The predicted octanol–water partition coefficient (Wildman–Crippen LogP) is 2.43. The Morgan fingerprint density at radius 3 is 2.39 bits per heavy atom. The molecule has 0 amide bonds. The van der Waals surface area contributed by atoms with Gasteiger partial charge in [-0.25, -0.2) is 0 Å². The first-order valence-electron chi connectivity index (χ1n) is 6.20. The van der Waals surface area contributed by atoms with Crippen molar-refractivity contribution in [2.75, 3.05) is 20.1 Å². The van der Waals surface area contributed by atoms with Gasteiger partial charge >= 0.3 is 0 Å². The van der Waals surface area contributed by atoms with E-state index in [1.54, 1.807) is 0 Å². The zero-order chi connectivity index (χ0) is 13.8. The highest BCUT2D eigenvalue weighted by Gasteiger charge is 2.16. The number of hydrogen-bond acceptors (Lipinski definition) is 3. The summed E-state index contributed by atoms with van der Waals surface area (Å²) in [5.74, 6) is 0. The number of halogens is 1. The number of benzene rings is 1. The summed E-state index contributed by atoms with van der Waals surface area (Å²) < 4.78 is 0. The highest BCUT2D eigenvalue weighted by atomic mass is 35.5. The summed E-state index contributed by atoms with van der Waals surface area (Å²) in [6.45, 7) is 5.11. The molecule has 18 heavy (non-hydrogen) atoms. The lowest BCUT2D eigenvalue weighted by atomic mass is 10.0. The van der Waals surface area contributed by atoms with Crippen molar-refractivity contribution >= 4 is 11.6 Å². The van der Waals surface area contributed by atoms with Gasteiger partial charge in [0.1, 0.15) is 0 Å². The van der Waals surface area contributed by atoms with Crippen LogP contribution in [0.4, 0.5) is 0 Å². The van der Waals surface area contributed by atoms with Gasteiger partial charge in [0.25, 0.3) is 0 Å². The average molecular weight is 271 g/mol. The molecule has 0 fully saturated rings. The number of rotatable bonds is 6. The van der Waals surface area contributed by atoms with Gasteiger partial charge in [-0.15, -0.1) is 0 Å². The Morgan fingerprint density at radius 1 is 1.33 bits per heavy atom. The van der Waals surface area contributed by atoms with Crippen molar-refractivity contribution in [3.8, 4) is 0 Å². The number of aliphatic hydroxyl groups is 1. The van der Waals surface area contributed by atoms with E-state index in [1.807, 2.05) is 45.2 Å². The molecule has 4 heteroatoms. The van der Waals surface area contributed by atoms with E-state index in [0.717, 1.165) is 23.6 Å². The van der Waals surface area contributed by atoms with Crippen molar-refractivity contribution in [1.29, 1.82) is 0 Å². The molecule has 0 aromatic heterocycles. The third-order valence-corrected chi connectivity index (χ3v) is 3.03. The van der Waals surface area contributed by atoms with Crippen molar-refractivity contribution in [3.63, 3.8) is 0 Å². The van der Waals surface area contributed by atoms with E-state index in [1.165, 1.54) is 0 Å². The molecular weight excluding hydrogens is 248 g/mol. The summed E-state index contributed by atoms with van der Waals surface area (Å²) in [6.07, 6.45) is 0.855. The molecule has 0 radical (unpaired) electrons. The summed E-state index contributed by atoms with van der Waals surface area (Å²) in [4.78, 5) is 2.09. The fourth-order valence-electron chi connectivity index (χ4n) is 1.98. The van der Waals surface area contributed by atoms with Crippen molar-refractivity contribution in [2.45, 2.75) is 31.9 Å². The van der Waals surface area contributed by atoms with Gasteiger partial charge in [0, 0.05) is 17.6 Å². The van der Waals surface area contributed by atoms with Crippen LogP contribution in [0.25, 0.3) is 0 Å². The molecule has 0 spiro atoms. The van der Waals surface area contributed by atoms with Crippen LogP contribution in [0.15, 0.2) is 24.3 Å². The van der Waals surface area contributed by atoms with Crippen LogP contribution >= 0.6 is 11.6 Å². The maximum absolute atomic E-state index is 9.71. The van der Waals surface area contributed by atoms with E-state index in [4.69, 9.17) is 17.3 Å². The Morgan fingerprint density at radius 2 is 1.89 bits per heavy atom. The van der Waals surface area contributed by atoms with Crippen LogP contribution in [0, 0.1) is 0 Å². The van der Waals surface area contributed by atoms with E-state index < -0.39 is 5.60 Å². The van der Waals surface area contributed by atoms with Gasteiger partial charge in [-0.3, -0.25) is 0 Å². The third kappa shape index (κ3) is 5.83. The normalized spacial score (nSPS) is 13.9. The minimum absolute atomic E-state index is 0.00604. The van der Waals surface area contributed by atoms with Gasteiger partial charge in [0.05, 0.1) is 5.60 Å². The molecule has 0 aliphatic rings. The first-order chi connectivity index (χ1) is 8.28. The Bertz CT molecular complexity index is 359. The molecule has 1 unspecified atom stereocenters. The number of likely N-dealkylation sites (N-methyl/N-ethyl adjacent to an activating group) is 1. The molecule has 0 heterocycles. The van der Waals surface area contributed by atoms with Crippen LogP contribution in [0.1, 0.15) is 31.9 Å². The Kier molecular flexibility index (Phi) is 5.60. The summed E-state index contributed by atoms with van der Waals surface area (Å²) in [6, 6.07) is 7.65. The molecule has 0 aliphatic heterocycles. The minimum Gasteiger partial charge on any atom is -0.389 e. The Labute approximate surface area is 115 Å². The topological polar surface area (TPSA) is 49.5 Å². The molecule has 0 aliphatic carbocycles. The van der Waals surface area contributed by atoms with E-state index in [9.17, 15) is 5.11 Å². The van der Waals surface area contributed by atoms with Crippen molar-refractivity contribution < 1.29 is 5.11 Å². The van der Waals surface area contributed by atoms with E-state index in [2.05, 4.69) is 4.90 Å². The number of nitrogens with zero attached hydrogens (tertiary/aromatic N) is 1. The van der Waals surface area contributed by atoms with Crippen LogP contribution in [-0.2, 0) is 0 Å². The zero-order valence-electron chi connectivity index (χ0n) is 11.4. The Hall–Kier alpha value is -0.610. The monoisotopic (exact) mass is 270 g/mol. The lowest BCUT2D eigenvalue weighted by Gasteiger charge is -2.26. The van der Waals surface area contributed by atoms with Crippen LogP contribution in [0.3, 0.4) is 0 Å². The predicted molar refractivity (Wildman–Crippen MR) is 76.8 cm³/mol. The van der Waals surface area contributed by atoms with Crippen LogP contribution in [0.5, 0.6) is 0 Å². The minimum atomic E-state index is -0.668. The van der Waals surface area contributed by atoms with Crippen molar-refractivity contribution in [1.82, 2.24) is 4.90 Å². The number of nitrogens with two attached hydrogens (primary N) is 1. The van der Waals surface area contributed by atoms with Crippen molar-refractivity contribution in [2.24, 2.45) is 5.73 Å². The standard InChI is InChI=1S/C14H23ClN2O/c1-14(2,18)10-17(3)9-8-13(16)11-4-6-12(15)7-5-11/h4-7,13,18H,8-10,16H2,1-3H3. The van der Waals surface area contributed by atoms with Crippen molar-refractivity contribution in [3.05, 3.63) is 34.9 Å². The second kappa shape index (κ2) is 6.53. The molecule has 3 N–H and O–H groups in total. The maximum atomic E-state index is 9.71. The van der Waals surface area contributed by atoms with Crippen LogP contribution in [0.2, 0.25) is 5.02 Å². The quantitative estimate of drug-likeness (QED) is 0.835. The summed E-state index contributed by atoms with van der Waals surface area (Å²) in [5.41, 5.74) is 6.55. The molecule has 102 valence electrons. The summed E-state index contributed by atoms with van der Waals surface area (Å²) >= 11 is 5.84. The first kappa shape index (κ1) is 15.4. The molecule has 0 bridgehead atoms. The summed E-state index contributed by atoms with van der Waals surface area (Å²) in [5, 5.41) is 10.4. The molecule has 0 saturated carbocycles. The first-order valence-corrected chi connectivity index (χ1v) is 6.58. The number of hydrogen-bond donors (Lipinski definition) is 2. The van der Waals surface area contributed by atoms with E-state index in [0.29, 0.717) is 6.54 Å². The van der Waals surface area contributed by atoms with Crippen LogP contribution < -0.4 is 5.73 Å². The van der Waals surface area contributed by atoms with Gasteiger partial charge in [-0.1, -0.05) is 23.7 Å². The zero-order valence-corrected chi connectivity index (χ0v) is 12.1. The third-order valence-electron chi connectivity index (χ3n) is 2.78. The van der Waals surface area contributed by atoms with Gasteiger partial charge < -0.3 is 15.7 Å². The molecule has 1 rings (SSSR count). The highest BCUT2D eigenvalue weighted by Crippen LogP contribution is 2.17. The average Bonchev–Trinajstić information content (AvgIpc) is 2.24. The second-order valence-corrected chi connectivity index (χ2v) is 5.93. The van der Waals surface area contributed by atoms with Gasteiger partial charge in [-0.05, 0) is 51.6 Å². The smallest absolute Gasteiger partial charge is 0.0718 e. The maximum Gasteiger partial charge on any atom is 0.0718 e. The largest absolute Gasteiger partial charge is 0.389 e. The fourth-order valence-corrected chi connectivity index (χ4v) is 2.10. The SMILES string of the molecule is CN(CCC(N)c1ccc(Cl)cc1)CC(C)(C)O. The highest BCUT2D eigenvalue weighted by molar-refractivity contribution is 6.30. The molecule has 1 atom stereocenters. The van der Waals surface area contributed by atoms with Crippen LogP contribution in [-0.4, -0.2) is 35.7 Å². The van der Waals surface area contributed by atoms with E-state index >= 15 is 0 Å². The fraction of sp³-hybridized carbons (Fsp3) is 0.571. The Balaban J connectivity index is 2.41. The second-order valence-electron chi connectivity index (χ2n) is 5.50. The molecule has 0 saturated heterocycles. The lowest BCUT2D eigenvalue weighted by molar-refractivity contribution is 0.0438. The van der Waals surface area contributed by atoms with Gasteiger partial charge in [0.2, 0.25) is 0 Å². The molecular formula is C14H23ClN2O. The van der Waals surface area contributed by atoms with Gasteiger partial charge in [0.15, 0.2) is 0 Å². The van der Waals surface area contributed by atoms with Gasteiger partial charge in [-0.2, -0.15) is 0 Å².